The van der Waals surface area contributed by atoms with Gasteiger partial charge in [-0.05, 0) is 30.7 Å². The van der Waals surface area contributed by atoms with E-state index in [1.807, 2.05) is 0 Å². The van der Waals surface area contributed by atoms with Crippen LogP contribution in [-0.2, 0) is 0 Å². The van der Waals surface area contributed by atoms with Crippen LogP contribution in [0, 0.1) is 6.92 Å². The van der Waals surface area contributed by atoms with Gasteiger partial charge in [0.05, 0.1) is 10.2 Å². The molecule has 0 atom stereocenters. The number of hydrogen-bond donors (Lipinski definition) is 0. The Morgan fingerprint density at radius 1 is 1.29 bits per heavy atom. The fourth-order valence-electron chi connectivity index (χ4n) is 2.22. The molecule has 0 unspecified atom stereocenters. The van der Waals surface area contributed by atoms with Crippen LogP contribution in [0.3, 0.4) is 0 Å². The van der Waals surface area contributed by atoms with Crippen molar-refractivity contribution in [2.75, 3.05) is 18.0 Å². The normalized spacial score (nSPS) is 16.8. The Kier molecular flexibility index (Phi) is 2.59. The van der Waals surface area contributed by atoms with Crippen molar-refractivity contribution in [2.24, 2.45) is 0 Å². The van der Waals surface area contributed by atoms with Gasteiger partial charge in [0, 0.05) is 13.1 Å². The van der Waals surface area contributed by atoms with E-state index in [9.17, 15) is 0 Å². The van der Waals surface area contributed by atoms with E-state index in [0.717, 1.165) is 37.3 Å². The highest BCUT2D eigenvalue weighted by Crippen LogP contribution is 2.32. The first-order valence-electron chi connectivity index (χ1n) is 5.86. The fraction of sp³-hybridized carbons (Fsp3) is 0.385. The summed E-state index contributed by atoms with van der Waals surface area (Å²) in [6, 6.07) is 0. The number of thiophene rings is 1. The van der Waals surface area contributed by atoms with Gasteiger partial charge in [0.2, 0.25) is 0 Å². The number of fused-ring (bicyclic) bond motifs is 1. The molecule has 17 heavy (non-hydrogen) atoms. The zero-order valence-corrected chi connectivity index (χ0v) is 10.8. The Labute approximate surface area is 105 Å². The molecule has 0 aliphatic carbocycles. The second-order valence-electron chi connectivity index (χ2n) is 4.53. The molecule has 2 aromatic rings. The molecule has 1 fully saturated rings. The second-order valence-corrected chi connectivity index (χ2v) is 5.41. The van der Waals surface area contributed by atoms with Gasteiger partial charge in [-0.15, -0.1) is 11.3 Å². The lowest BCUT2D eigenvalue weighted by atomic mass is 10.1. The van der Waals surface area contributed by atoms with Gasteiger partial charge in [-0.2, -0.15) is 0 Å². The Morgan fingerprint density at radius 3 is 2.82 bits per heavy atom. The van der Waals surface area contributed by atoms with E-state index in [2.05, 4.69) is 33.8 Å². The number of hydrogen-bond acceptors (Lipinski definition) is 4. The largest absolute Gasteiger partial charge is 0.355 e. The first kappa shape index (κ1) is 10.7. The Morgan fingerprint density at radius 2 is 2.06 bits per heavy atom. The van der Waals surface area contributed by atoms with Gasteiger partial charge in [-0.1, -0.05) is 12.2 Å². The molecule has 1 saturated heterocycles. The lowest BCUT2D eigenvalue weighted by Crippen LogP contribution is -2.31. The van der Waals surface area contributed by atoms with Crippen LogP contribution in [0.1, 0.15) is 18.4 Å². The Hall–Kier alpha value is -1.42. The van der Waals surface area contributed by atoms with E-state index in [0.29, 0.717) is 0 Å². The number of piperidine rings is 1. The molecular formula is C13H15N3S. The zero-order valence-electron chi connectivity index (χ0n) is 9.94. The molecule has 0 N–H and O–H groups in total. The first-order valence-corrected chi connectivity index (χ1v) is 6.74. The van der Waals surface area contributed by atoms with E-state index < -0.39 is 0 Å². The quantitative estimate of drug-likeness (QED) is 0.723. The third kappa shape index (κ3) is 1.82. The minimum atomic E-state index is 1.03. The molecule has 0 radical (unpaired) electrons. The van der Waals surface area contributed by atoms with Crippen molar-refractivity contribution >= 4 is 27.4 Å². The predicted octanol–water partition coefficient (Wildman–Crippen LogP) is 3.16. The Balaban J connectivity index is 2.02. The summed E-state index contributed by atoms with van der Waals surface area (Å²) in [7, 11) is 0. The van der Waals surface area contributed by atoms with Crippen LogP contribution < -0.4 is 4.90 Å². The van der Waals surface area contributed by atoms with E-state index in [4.69, 9.17) is 0 Å². The van der Waals surface area contributed by atoms with E-state index in [1.54, 1.807) is 17.7 Å². The van der Waals surface area contributed by atoms with Crippen LogP contribution in [-0.4, -0.2) is 23.1 Å². The molecule has 3 rings (SSSR count). The molecular weight excluding hydrogens is 230 g/mol. The van der Waals surface area contributed by atoms with Crippen molar-refractivity contribution < 1.29 is 0 Å². The van der Waals surface area contributed by atoms with E-state index >= 15 is 0 Å². The zero-order chi connectivity index (χ0) is 11.8. The van der Waals surface area contributed by atoms with Crippen molar-refractivity contribution in [3.63, 3.8) is 0 Å². The lowest BCUT2D eigenvalue weighted by Gasteiger charge is -2.29. The van der Waals surface area contributed by atoms with Crippen molar-refractivity contribution in [1.82, 2.24) is 9.97 Å². The van der Waals surface area contributed by atoms with Gasteiger partial charge in [-0.3, -0.25) is 0 Å². The summed E-state index contributed by atoms with van der Waals surface area (Å²) in [5.41, 5.74) is 3.70. The third-order valence-corrected chi connectivity index (χ3v) is 4.37. The fourth-order valence-corrected chi connectivity index (χ4v) is 3.24. The van der Waals surface area contributed by atoms with E-state index in [-0.39, 0.29) is 0 Å². The summed E-state index contributed by atoms with van der Waals surface area (Å²) < 4.78 is 1.22. The average molecular weight is 245 g/mol. The minimum absolute atomic E-state index is 1.03. The van der Waals surface area contributed by atoms with Crippen LogP contribution in [0.5, 0.6) is 0 Å². The number of rotatable bonds is 1. The predicted molar refractivity (Wildman–Crippen MR) is 72.7 cm³/mol. The molecule has 0 amide bonds. The summed E-state index contributed by atoms with van der Waals surface area (Å²) in [5, 5.41) is 2.16. The van der Waals surface area contributed by atoms with Gasteiger partial charge in [0.25, 0.3) is 0 Å². The average Bonchev–Trinajstić information content (AvgIpc) is 2.73. The minimum Gasteiger partial charge on any atom is -0.355 e. The maximum absolute atomic E-state index is 4.46. The molecule has 0 saturated carbocycles. The molecule has 0 bridgehead atoms. The lowest BCUT2D eigenvalue weighted by molar-refractivity contribution is 0.681. The summed E-state index contributed by atoms with van der Waals surface area (Å²) in [6.07, 6.45) is 3.84. The topological polar surface area (TPSA) is 29.0 Å². The van der Waals surface area contributed by atoms with Gasteiger partial charge >= 0.3 is 0 Å². The van der Waals surface area contributed by atoms with Gasteiger partial charge in [0.15, 0.2) is 0 Å². The monoisotopic (exact) mass is 245 g/mol. The Bertz CT molecular complexity index is 563. The molecule has 1 aliphatic heterocycles. The summed E-state index contributed by atoms with van der Waals surface area (Å²) in [5.74, 6) is 1.10. The number of anilines is 1. The molecule has 3 heterocycles. The van der Waals surface area contributed by atoms with Crippen molar-refractivity contribution in [3.05, 3.63) is 29.4 Å². The number of nitrogens with zero attached hydrogens (tertiary/aromatic N) is 3. The highest BCUT2D eigenvalue weighted by molar-refractivity contribution is 7.18. The summed E-state index contributed by atoms with van der Waals surface area (Å²) in [6.45, 7) is 8.22. The summed E-state index contributed by atoms with van der Waals surface area (Å²) in [4.78, 5) is 11.2. The van der Waals surface area contributed by atoms with Gasteiger partial charge in [0.1, 0.15) is 12.1 Å². The van der Waals surface area contributed by atoms with Crippen molar-refractivity contribution in [2.45, 2.75) is 19.8 Å². The molecule has 0 aromatic carbocycles. The van der Waals surface area contributed by atoms with Crippen LogP contribution in [0.4, 0.5) is 5.82 Å². The van der Waals surface area contributed by atoms with Crippen molar-refractivity contribution in [3.8, 4) is 0 Å². The molecule has 3 nitrogen and oxygen atoms in total. The van der Waals surface area contributed by atoms with Crippen LogP contribution in [0.2, 0.25) is 0 Å². The maximum atomic E-state index is 4.46. The number of aromatic nitrogens is 2. The third-order valence-electron chi connectivity index (χ3n) is 3.28. The van der Waals surface area contributed by atoms with E-state index in [1.165, 1.54) is 15.8 Å². The van der Waals surface area contributed by atoms with Gasteiger partial charge in [-0.25, -0.2) is 9.97 Å². The highest BCUT2D eigenvalue weighted by atomic mass is 32.1. The van der Waals surface area contributed by atoms with Crippen molar-refractivity contribution in [1.29, 1.82) is 0 Å². The number of aryl methyl sites for hydroxylation is 1. The molecule has 88 valence electrons. The SMILES string of the molecule is C=C1CCN(c2ncnc3c(C)csc23)CC1. The maximum Gasteiger partial charge on any atom is 0.150 e. The van der Waals surface area contributed by atoms with Crippen LogP contribution in [0.15, 0.2) is 23.9 Å². The van der Waals surface area contributed by atoms with Gasteiger partial charge < -0.3 is 4.90 Å². The first-order chi connectivity index (χ1) is 8.25. The standard InChI is InChI=1S/C13H15N3S/c1-9-3-5-16(6-4-9)13-12-11(14-8-15-13)10(2)7-17-12/h7-8H,1,3-6H2,2H3. The highest BCUT2D eigenvalue weighted by Gasteiger charge is 2.18. The van der Waals surface area contributed by atoms with Crippen LogP contribution in [0.25, 0.3) is 10.2 Å². The second kappa shape index (κ2) is 4.11. The smallest absolute Gasteiger partial charge is 0.150 e. The summed E-state index contributed by atoms with van der Waals surface area (Å²) >= 11 is 1.75. The molecule has 2 aromatic heterocycles. The molecule has 4 heteroatoms. The molecule has 1 aliphatic rings. The molecule has 0 spiro atoms. The van der Waals surface area contributed by atoms with Crippen LogP contribution >= 0.6 is 11.3 Å².